The summed E-state index contributed by atoms with van der Waals surface area (Å²) in [6.45, 7) is 12.5. The van der Waals surface area contributed by atoms with E-state index in [1.807, 2.05) is 19.1 Å². The van der Waals surface area contributed by atoms with Gasteiger partial charge in [-0.05, 0) is 56.9 Å². The number of amides is 2. The first-order valence-corrected chi connectivity index (χ1v) is 12.8. The minimum Gasteiger partial charge on any atom is -0.372 e. The topological polar surface area (TPSA) is 76.8 Å². The van der Waals surface area contributed by atoms with Crippen LogP contribution in [-0.2, 0) is 9.59 Å². The normalized spacial score (nSPS) is 15.3. The van der Waals surface area contributed by atoms with Crippen molar-refractivity contribution < 1.29 is 9.59 Å². The molecule has 6 heteroatoms. The molecule has 0 saturated heterocycles. The summed E-state index contributed by atoms with van der Waals surface area (Å²) in [5.74, 6) is -0.913. The first kappa shape index (κ1) is 27.3. The van der Waals surface area contributed by atoms with E-state index in [0.717, 1.165) is 75.7 Å². The van der Waals surface area contributed by atoms with Gasteiger partial charge in [0.1, 0.15) is 17.4 Å². The lowest BCUT2D eigenvalue weighted by molar-refractivity contribution is -0.138. The highest BCUT2D eigenvalue weighted by Gasteiger charge is 2.36. The van der Waals surface area contributed by atoms with E-state index >= 15 is 0 Å². The van der Waals surface area contributed by atoms with Crippen molar-refractivity contribution in [2.24, 2.45) is 4.99 Å². The predicted molar refractivity (Wildman–Crippen MR) is 139 cm³/mol. The van der Waals surface area contributed by atoms with Gasteiger partial charge in [-0.1, -0.05) is 52.9 Å². The van der Waals surface area contributed by atoms with E-state index in [2.05, 4.69) is 42.8 Å². The lowest BCUT2D eigenvalue weighted by Gasteiger charge is -2.27. The quantitative estimate of drug-likeness (QED) is 0.255. The third-order valence-electron chi connectivity index (χ3n) is 6.32. The van der Waals surface area contributed by atoms with Crippen molar-refractivity contribution in [1.82, 2.24) is 4.90 Å². The van der Waals surface area contributed by atoms with Crippen molar-refractivity contribution in [1.29, 1.82) is 5.26 Å². The lowest BCUT2D eigenvalue weighted by atomic mass is 9.98. The van der Waals surface area contributed by atoms with Crippen LogP contribution in [0.3, 0.4) is 0 Å². The van der Waals surface area contributed by atoms with Crippen LogP contribution >= 0.6 is 0 Å². The Morgan fingerprint density at radius 2 is 1.56 bits per heavy atom. The third-order valence-corrected chi connectivity index (χ3v) is 6.32. The number of carbonyl (C=O) groups excluding carboxylic acids is 2. The van der Waals surface area contributed by atoms with Crippen LogP contribution in [0, 0.1) is 18.3 Å². The van der Waals surface area contributed by atoms with Gasteiger partial charge in [0, 0.05) is 30.9 Å². The Hall–Kier alpha value is -2.94. The Kier molecular flexibility index (Phi) is 11.0. The number of hydrogen-bond donors (Lipinski definition) is 0. The molecule has 0 radical (unpaired) electrons. The second-order valence-electron chi connectivity index (χ2n) is 9.06. The van der Waals surface area contributed by atoms with Crippen molar-refractivity contribution in [3.63, 3.8) is 0 Å². The summed E-state index contributed by atoms with van der Waals surface area (Å²) in [5.41, 5.74) is 3.38. The Bertz CT molecular complexity index is 963. The first-order valence-electron chi connectivity index (χ1n) is 12.8. The molecule has 1 aromatic rings. The van der Waals surface area contributed by atoms with Gasteiger partial charge in [-0.3, -0.25) is 14.5 Å². The number of aryl methyl sites for hydroxylation is 1. The van der Waals surface area contributed by atoms with Crippen LogP contribution in [0.15, 0.2) is 34.3 Å². The number of nitrogens with zero attached hydrogens (tertiary/aromatic N) is 4. The summed E-state index contributed by atoms with van der Waals surface area (Å²) in [5, 5.41) is 9.60. The third kappa shape index (κ3) is 6.79. The summed E-state index contributed by atoms with van der Waals surface area (Å²) in [7, 11) is 0. The number of unbranched alkanes of at least 4 members (excludes halogenated alkanes) is 5. The van der Waals surface area contributed by atoms with Crippen LogP contribution in [0.4, 0.5) is 11.4 Å². The van der Waals surface area contributed by atoms with E-state index in [9.17, 15) is 14.9 Å². The Morgan fingerprint density at radius 3 is 2.12 bits per heavy atom. The van der Waals surface area contributed by atoms with Crippen LogP contribution in [-0.4, -0.2) is 42.1 Å². The van der Waals surface area contributed by atoms with Gasteiger partial charge in [-0.25, -0.2) is 4.99 Å². The Morgan fingerprint density at radius 1 is 0.912 bits per heavy atom. The van der Waals surface area contributed by atoms with Gasteiger partial charge in [0.05, 0.1) is 5.69 Å². The molecule has 0 aliphatic carbocycles. The molecule has 2 amide bonds. The fourth-order valence-corrected chi connectivity index (χ4v) is 4.11. The van der Waals surface area contributed by atoms with E-state index in [-0.39, 0.29) is 11.3 Å². The highest BCUT2D eigenvalue weighted by atomic mass is 16.2. The molecule has 0 aromatic heterocycles. The van der Waals surface area contributed by atoms with Crippen molar-refractivity contribution in [2.75, 3.05) is 24.5 Å². The zero-order chi connectivity index (χ0) is 25.1. The van der Waals surface area contributed by atoms with Crippen LogP contribution in [0.25, 0.3) is 0 Å². The van der Waals surface area contributed by atoms with Crippen molar-refractivity contribution >= 4 is 28.9 Å². The Balaban J connectivity index is 2.37. The van der Waals surface area contributed by atoms with E-state index in [4.69, 9.17) is 0 Å². The summed E-state index contributed by atoms with van der Waals surface area (Å²) < 4.78 is 0. The van der Waals surface area contributed by atoms with Gasteiger partial charge in [-0.2, -0.15) is 5.26 Å². The smallest absolute Gasteiger partial charge is 0.279 e. The molecule has 1 aliphatic heterocycles. The number of imide groups is 1. The molecule has 6 nitrogen and oxygen atoms in total. The van der Waals surface area contributed by atoms with Gasteiger partial charge >= 0.3 is 0 Å². The Labute approximate surface area is 205 Å². The maximum absolute atomic E-state index is 13.2. The molecule has 1 aromatic carbocycles. The number of aliphatic imine (C=N–C) groups is 1. The molecule has 0 spiro atoms. The maximum Gasteiger partial charge on any atom is 0.279 e. The van der Waals surface area contributed by atoms with E-state index in [1.165, 1.54) is 4.90 Å². The largest absolute Gasteiger partial charge is 0.372 e. The fraction of sp³-hybridized carbons (Fsp3) is 0.571. The zero-order valence-electron chi connectivity index (χ0n) is 21.6. The average molecular weight is 465 g/mol. The molecule has 0 N–H and O–H groups in total. The SMILES string of the molecule is CCCCCCN1C(=O)C(=Nc2ccc(N(CCCC)CCCC)cc2C)C(C)=C(C#N)C1=O. The number of benzene rings is 1. The van der Waals surface area contributed by atoms with E-state index in [1.54, 1.807) is 6.92 Å². The predicted octanol–water partition coefficient (Wildman–Crippen LogP) is 6.26. The molecular weight excluding hydrogens is 424 g/mol. The molecule has 0 fully saturated rings. The van der Waals surface area contributed by atoms with Gasteiger partial charge in [0.25, 0.3) is 11.8 Å². The minimum atomic E-state index is -0.505. The second kappa shape index (κ2) is 13.7. The van der Waals surface area contributed by atoms with E-state index in [0.29, 0.717) is 17.8 Å². The number of rotatable bonds is 13. The summed E-state index contributed by atoms with van der Waals surface area (Å²) >= 11 is 0. The van der Waals surface area contributed by atoms with E-state index < -0.39 is 11.8 Å². The molecule has 0 saturated carbocycles. The van der Waals surface area contributed by atoms with Crippen molar-refractivity contribution in [3.8, 4) is 6.07 Å². The highest BCUT2D eigenvalue weighted by molar-refractivity contribution is 6.51. The number of hydrogen-bond acceptors (Lipinski definition) is 5. The van der Waals surface area contributed by atoms with Gasteiger partial charge in [-0.15, -0.1) is 0 Å². The monoisotopic (exact) mass is 464 g/mol. The average Bonchev–Trinajstić information content (AvgIpc) is 2.82. The second-order valence-corrected chi connectivity index (χ2v) is 9.06. The molecule has 0 atom stereocenters. The van der Waals surface area contributed by atoms with Crippen LogP contribution in [0.1, 0.15) is 84.6 Å². The van der Waals surface area contributed by atoms with Crippen molar-refractivity contribution in [3.05, 3.63) is 34.9 Å². The number of anilines is 1. The minimum absolute atomic E-state index is 0.00780. The fourth-order valence-electron chi connectivity index (χ4n) is 4.11. The highest BCUT2D eigenvalue weighted by Crippen LogP contribution is 2.28. The summed E-state index contributed by atoms with van der Waals surface area (Å²) in [6, 6.07) is 8.12. The standard InChI is InChI=1S/C28H40N4O2/c1-6-9-12-13-18-32-27(33)24(20-29)22(5)26(28(32)34)30-25-15-14-23(19-21(25)4)31(16-10-7-2)17-11-8-3/h14-15,19H,6-13,16-18H2,1-5H3. The van der Waals surface area contributed by atoms with Crippen LogP contribution in [0.2, 0.25) is 0 Å². The molecule has 34 heavy (non-hydrogen) atoms. The zero-order valence-corrected chi connectivity index (χ0v) is 21.6. The first-order chi connectivity index (χ1) is 16.4. The molecular formula is C28H40N4O2. The molecule has 0 unspecified atom stereocenters. The maximum atomic E-state index is 13.2. The van der Waals surface area contributed by atoms with Gasteiger partial charge in [0.15, 0.2) is 0 Å². The molecule has 0 bridgehead atoms. The number of carbonyl (C=O) groups is 2. The van der Waals surface area contributed by atoms with Crippen LogP contribution < -0.4 is 4.90 Å². The summed E-state index contributed by atoms with van der Waals surface area (Å²) in [6.07, 6.45) is 8.38. The molecule has 184 valence electrons. The van der Waals surface area contributed by atoms with Crippen molar-refractivity contribution in [2.45, 2.75) is 86.0 Å². The molecule has 1 heterocycles. The summed E-state index contributed by atoms with van der Waals surface area (Å²) in [4.78, 5) is 34.3. The van der Waals surface area contributed by atoms with Gasteiger partial charge < -0.3 is 4.90 Å². The molecule has 1 aliphatic rings. The lowest BCUT2D eigenvalue weighted by Crippen LogP contribution is -2.47. The molecule has 2 rings (SSSR count). The van der Waals surface area contributed by atoms with Crippen LogP contribution in [0.5, 0.6) is 0 Å². The number of nitriles is 1. The van der Waals surface area contributed by atoms with Gasteiger partial charge in [0.2, 0.25) is 0 Å².